The van der Waals surface area contributed by atoms with Crippen molar-refractivity contribution in [3.8, 4) is 0 Å². The largest absolute Gasteiger partial charge is 0.466 e. The molecule has 2 saturated heterocycles. The van der Waals surface area contributed by atoms with E-state index in [-0.39, 0.29) is 30.2 Å². The zero-order chi connectivity index (χ0) is 13.1. The lowest BCUT2D eigenvalue weighted by Crippen LogP contribution is -2.61. The third-order valence-corrected chi connectivity index (χ3v) is 3.40. The molecule has 2 aliphatic rings. The van der Waals surface area contributed by atoms with Gasteiger partial charge >= 0.3 is 5.97 Å². The number of nitrogens with zero attached hydrogens (tertiary/aromatic N) is 1. The first-order valence-electron chi connectivity index (χ1n) is 6.40. The topological polar surface area (TPSA) is 75.7 Å². The molecule has 6 nitrogen and oxygen atoms in total. The van der Waals surface area contributed by atoms with Crippen LogP contribution in [-0.4, -0.2) is 47.9 Å². The van der Waals surface area contributed by atoms with Gasteiger partial charge in [-0.2, -0.15) is 0 Å². The van der Waals surface area contributed by atoms with Crippen molar-refractivity contribution in [1.29, 1.82) is 0 Å². The molecule has 100 valence electrons. The van der Waals surface area contributed by atoms with Crippen molar-refractivity contribution >= 4 is 17.8 Å². The van der Waals surface area contributed by atoms with Crippen molar-refractivity contribution in [2.45, 2.75) is 44.7 Å². The van der Waals surface area contributed by atoms with Crippen LogP contribution in [0.4, 0.5) is 0 Å². The lowest BCUT2D eigenvalue weighted by atomic mass is 10.0. The Morgan fingerprint density at radius 2 is 2.28 bits per heavy atom. The number of fused-ring (bicyclic) bond motifs is 1. The molecule has 2 amide bonds. The zero-order valence-corrected chi connectivity index (χ0v) is 10.5. The van der Waals surface area contributed by atoms with Gasteiger partial charge in [-0.3, -0.25) is 14.4 Å². The van der Waals surface area contributed by atoms with Gasteiger partial charge in [-0.25, -0.2) is 0 Å². The van der Waals surface area contributed by atoms with Crippen LogP contribution in [0.25, 0.3) is 0 Å². The summed E-state index contributed by atoms with van der Waals surface area (Å²) < 4.78 is 4.81. The van der Waals surface area contributed by atoms with Crippen LogP contribution in [0.2, 0.25) is 0 Å². The molecule has 0 aromatic heterocycles. The van der Waals surface area contributed by atoms with E-state index in [1.807, 2.05) is 0 Å². The Labute approximate surface area is 106 Å². The average Bonchev–Trinajstić information content (AvgIpc) is 2.82. The number of esters is 1. The maximum absolute atomic E-state index is 12.1. The second-order valence-corrected chi connectivity index (χ2v) is 4.59. The summed E-state index contributed by atoms with van der Waals surface area (Å²) in [6.45, 7) is 2.71. The maximum Gasteiger partial charge on any atom is 0.305 e. The quantitative estimate of drug-likeness (QED) is 0.706. The average molecular weight is 254 g/mol. The molecule has 2 fully saturated rings. The molecule has 1 N–H and O–H groups in total. The van der Waals surface area contributed by atoms with E-state index in [0.29, 0.717) is 19.6 Å². The molecule has 2 atom stereocenters. The number of ether oxygens (including phenoxy) is 1. The molecule has 0 aliphatic carbocycles. The van der Waals surface area contributed by atoms with Crippen LogP contribution in [0.1, 0.15) is 32.6 Å². The Hall–Kier alpha value is -1.59. The van der Waals surface area contributed by atoms with Crippen molar-refractivity contribution in [2.24, 2.45) is 0 Å². The Balaban J connectivity index is 1.91. The van der Waals surface area contributed by atoms with Crippen molar-refractivity contribution < 1.29 is 19.1 Å². The molecule has 2 rings (SSSR count). The number of hydrogen-bond donors (Lipinski definition) is 1. The first-order chi connectivity index (χ1) is 8.63. The van der Waals surface area contributed by atoms with E-state index >= 15 is 0 Å². The second kappa shape index (κ2) is 5.37. The van der Waals surface area contributed by atoms with E-state index in [1.165, 1.54) is 0 Å². The summed E-state index contributed by atoms with van der Waals surface area (Å²) in [5.41, 5.74) is 0. The summed E-state index contributed by atoms with van der Waals surface area (Å²) in [7, 11) is 0. The number of piperazine rings is 1. The first kappa shape index (κ1) is 12.9. The van der Waals surface area contributed by atoms with Gasteiger partial charge in [0, 0.05) is 13.0 Å². The number of nitrogens with one attached hydrogen (secondary N) is 1. The van der Waals surface area contributed by atoms with Gasteiger partial charge in [0.25, 0.3) is 0 Å². The monoisotopic (exact) mass is 254 g/mol. The molecule has 0 bridgehead atoms. The number of rotatable bonds is 4. The minimum absolute atomic E-state index is 0.0681. The van der Waals surface area contributed by atoms with Crippen LogP contribution < -0.4 is 5.32 Å². The van der Waals surface area contributed by atoms with Crippen molar-refractivity contribution in [3.05, 3.63) is 0 Å². The fourth-order valence-corrected chi connectivity index (χ4v) is 2.52. The molecule has 0 aromatic carbocycles. The predicted molar refractivity (Wildman–Crippen MR) is 62.5 cm³/mol. The van der Waals surface area contributed by atoms with Crippen LogP contribution in [-0.2, 0) is 19.1 Å². The number of carbonyl (C=O) groups excluding carboxylic acids is 3. The van der Waals surface area contributed by atoms with Gasteiger partial charge in [-0.05, 0) is 26.2 Å². The smallest absolute Gasteiger partial charge is 0.305 e. The molecule has 2 aliphatic heterocycles. The summed E-state index contributed by atoms with van der Waals surface area (Å²) in [5.74, 6) is -0.495. The van der Waals surface area contributed by atoms with Gasteiger partial charge in [-0.1, -0.05) is 0 Å². The van der Waals surface area contributed by atoms with Gasteiger partial charge in [0.15, 0.2) is 0 Å². The van der Waals surface area contributed by atoms with Crippen molar-refractivity contribution in [1.82, 2.24) is 10.2 Å². The van der Waals surface area contributed by atoms with Gasteiger partial charge in [-0.15, -0.1) is 0 Å². The summed E-state index contributed by atoms with van der Waals surface area (Å²) in [5, 5.41) is 2.70. The maximum atomic E-state index is 12.1. The molecule has 0 radical (unpaired) electrons. The molecular weight excluding hydrogens is 236 g/mol. The minimum atomic E-state index is -0.573. The zero-order valence-electron chi connectivity index (χ0n) is 10.5. The van der Waals surface area contributed by atoms with Gasteiger partial charge < -0.3 is 15.0 Å². The fraction of sp³-hybridized carbons (Fsp3) is 0.750. The van der Waals surface area contributed by atoms with E-state index in [2.05, 4.69) is 5.32 Å². The van der Waals surface area contributed by atoms with E-state index in [0.717, 1.165) is 12.8 Å². The van der Waals surface area contributed by atoms with Crippen LogP contribution in [0.3, 0.4) is 0 Å². The highest BCUT2D eigenvalue weighted by molar-refractivity contribution is 5.97. The molecule has 2 unspecified atom stereocenters. The minimum Gasteiger partial charge on any atom is -0.466 e. The summed E-state index contributed by atoms with van der Waals surface area (Å²) in [4.78, 5) is 36.7. The Bertz CT molecular complexity index is 369. The molecule has 6 heteroatoms. The van der Waals surface area contributed by atoms with Gasteiger partial charge in [0.05, 0.1) is 6.61 Å². The second-order valence-electron chi connectivity index (χ2n) is 4.59. The summed E-state index contributed by atoms with van der Waals surface area (Å²) in [6, 6.07) is -0.868. The van der Waals surface area contributed by atoms with E-state index in [1.54, 1.807) is 11.8 Å². The summed E-state index contributed by atoms with van der Waals surface area (Å²) >= 11 is 0. The SMILES string of the molecule is CCOC(=O)CCC1NC(=O)C2CCCN2C1=O. The molecule has 2 heterocycles. The van der Waals surface area contributed by atoms with Gasteiger partial charge in [0.1, 0.15) is 12.1 Å². The molecule has 0 saturated carbocycles. The highest BCUT2D eigenvalue weighted by Crippen LogP contribution is 2.23. The van der Waals surface area contributed by atoms with Gasteiger partial charge in [0.2, 0.25) is 11.8 Å². The molecule has 0 spiro atoms. The third-order valence-electron chi connectivity index (χ3n) is 3.40. The fourth-order valence-electron chi connectivity index (χ4n) is 2.52. The van der Waals surface area contributed by atoms with Crippen molar-refractivity contribution in [2.75, 3.05) is 13.2 Å². The highest BCUT2D eigenvalue weighted by Gasteiger charge is 2.42. The lowest BCUT2D eigenvalue weighted by molar-refractivity contribution is -0.148. The molecule has 0 aromatic rings. The van der Waals surface area contributed by atoms with Crippen molar-refractivity contribution in [3.63, 3.8) is 0 Å². The number of amides is 2. The number of carbonyl (C=O) groups is 3. The van der Waals surface area contributed by atoms with Crippen LogP contribution in [0.15, 0.2) is 0 Å². The molecular formula is C12H18N2O4. The Morgan fingerprint density at radius 3 is 3.00 bits per heavy atom. The van der Waals surface area contributed by atoms with Crippen LogP contribution in [0.5, 0.6) is 0 Å². The Kier molecular flexibility index (Phi) is 3.84. The van der Waals surface area contributed by atoms with Crippen LogP contribution in [0, 0.1) is 0 Å². The molecule has 18 heavy (non-hydrogen) atoms. The highest BCUT2D eigenvalue weighted by atomic mass is 16.5. The van der Waals surface area contributed by atoms with E-state index in [9.17, 15) is 14.4 Å². The Morgan fingerprint density at radius 1 is 1.50 bits per heavy atom. The third kappa shape index (κ3) is 2.47. The lowest BCUT2D eigenvalue weighted by Gasteiger charge is -2.34. The summed E-state index contributed by atoms with van der Waals surface area (Å²) in [6.07, 6.45) is 2.08. The predicted octanol–water partition coefficient (Wildman–Crippen LogP) is -0.181. The van der Waals surface area contributed by atoms with E-state index < -0.39 is 6.04 Å². The van der Waals surface area contributed by atoms with E-state index in [4.69, 9.17) is 4.74 Å². The van der Waals surface area contributed by atoms with Crippen LogP contribution >= 0.6 is 0 Å². The first-order valence-corrected chi connectivity index (χ1v) is 6.40. The normalized spacial score (nSPS) is 26.8. The number of hydrogen-bond acceptors (Lipinski definition) is 4. The standard InChI is InChI=1S/C12H18N2O4/c1-2-18-10(15)6-5-8-12(17)14-7-3-4-9(14)11(16)13-8/h8-9H,2-7H2,1H3,(H,13,16).